The molecule has 0 amide bonds. The van der Waals surface area contributed by atoms with Crippen molar-refractivity contribution in [2.24, 2.45) is 0 Å². The van der Waals surface area contributed by atoms with Gasteiger partial charge in [-0.05, 0) is 63.8 Å². The Morgan fingerprint density at radius 1 is 1.03 bits per heavy atom. The van der Waals surface area contributed by atoms with Crippen LogP contribution in [-0.2, 0) is 4.74 Å². The summed E-state index contributed by atoms with van der Waals surface area (Å²) in [6, 6.07) is 7.77. The second-order valence-corrected chi connectivity index (χ2v) is 9.47. The summed E-state index contributed by atoms with van der Waals surface area (Å²) < 4.78 is 36.7. The number of hydrogen-bond acceptors (Lipinski definition) is 5. The number of hydrogen-bond donors (Lipinski definition) is 0. The van der Waals surface area contributed by atoms with Crippen LogP contribution in [-0.4, -0.2) is 30.8 Å². The molecule has 1 saturated heterocycles. The lowest BCUT2D eigenvalue weighted by atomic mass is 9.89. The third-order valence-corrected chi connectivity index (χ3v) is 6.69. The van der Waals surface area contributed by atoms with Gasteiger partial charge >= 0.3 is 0 Å². The minimum Gasteiger partial charge on any atom is -0.370 e. The molecule has 6 nitrogen and oxygen atoms in total. The molecule has 0 radical (unpaired) electrons. The number of aromatic nitrogens is 5. The lowest BCUT2D eigenvalue weighted by Gasteiger charge is -2.33. The van der Waals surface area contributed by atoms with E-state index in [0.717, 1.165) is 23.7 Å². The van der Waals surface area contributed by atoms with Gasteiger partial charge in [0.2, 0.25) is 0 Å². The van der Waals surface area contributed by atoms with Gasteiger partial charge < -0.3 is 4.74 Å². The number of halogens is 2. The van der Waals surface area contributed by atoms with Crippen molar-refractivity contribution in [3.05, 3.63) is 71.4 Å². The molecule has 1 saturated carbocycles. The number of pyridine rings is 1. The number of benzene rings is 1. The van der Waals surface area contributed by atoms with Crippen LogP contribution >= 0.6 is 0 Å². The van der Waals surface area contributed by atoms with Crippen LogP contribution in [0.15, 0.2) is 42.7 Å². The van der Waals surface area contributed by atoms with Crippen LogP contribution in [0.4, 0.5) is 8.78 Å². The van der Waals surface area contributed by atoms with Crippen molar-refractivity contribution in [2.45, 2.75) is 63.7 Å². The highest BCUT2D eigenvalue weighted by molar-refractivity contribution is 5.90. The van der Waals surface area contributed by atoms with Gasteiger partial charge in [0.15, 0.2) is 5.65 Å². The largest absolute Gasteiger partial charge is 0.370 e. The van der Waals surface area contributed by atoms with Gasteiger partial charge in [-0.15, -0.1) is 0 Å². The van der Waals surface area contributed by atoms with Crippen molar-refractivity contribution in [1.82, 2.24) is 24.7 Å². The molecule has 2 fully saturated rings. The number of aryl methyl sites for hydroxylation is 1. The molecule has 4 heterocycles. The Morgan fingerprint density at radius 3 is 2.68 bits per heavy atom. The van der Waals surface area contributed by atoms with E-state index in [1.165, 1.54) is 25.0 Å². The van der Waals surface area contributed by atoms with Crippen molar-refractivity contribution in [2.75, 3.05) is 0 Å². The molecule has 3 atom stereocenters. The van der Waals surface area contributed by atoms with E-state index < -0.39 is 11.6 Å². The molecule has 174 valence electrons. The normalized spacial score (nSPS) is 22.9. The zero-order valence-corrected chi connectivity index (χ0v) is 19.1. The number of nitrogens with zero attached hydrogens (tertiary/aromatic N) is 5. The summed E-state index contributed by atoms with van der Waals surface area (Å²) in [7, 11) is 0. The van der Waals surface area contributed by atoms with Crippen LogP contribution in [0.2, 0.25) is 0 Å². The molecule has 2 aliphatic rings. The van der Waals surface area contributed by atoms with Crippen molar-refractivity contribution in [3.63, 3.8) is 0 Å². The Morgan fingerprint density at radius 2 is 1.88 bits per heavy atom. The molecule has 0 unspecified atom stereocenters. The van der Waals surface area contributed by atoms with Crippen LogP contribution in [0.3, 0.4) is 0 Å². The predicted molar refractivity (Wildman–Crippen MR) is 123 cm³/mol. The fourth-order valence-electron chi connectivity index (χ4n) is 4.82. The average Bonchev–Trinajstić information content (AvgIpc) is 3.54. The maximum atomic E-state index is 14.8. The zero-order valence-electron chi connectivity index (χ0n) is 19.1. The van der Waals surface area contributed by atoms with E-state index in [-0.39, 0.29) is 23.7 Å². The van der Waals surface area contributed by atoms with E-state index in [2.05, 4.69) is 23.2 Å². The molecule has 8 heteroatoms. The highest BCUT2D eigenvalue weighted by Crippen LogP contribution is 2.41. The van der Waals surface area contributed by atoms with E-state index in [1.54, 1.807) is 0 Å². The van der Waals surface area contributed by atoms with E-state index in [1.807, 2.05) is 29.9 Å². The topological polar surface area (TPSA) is 65.7 Å². The summed E-state index contributed by atoms with van der Waals surface area (Å²) in [6.07, 6.45) is 7.66. The second-order valence-electron chi connectivity index (χ2n) is 9.47. The van der Waals surface area contributed by atoms with Gasteiger partial charge in [0, 0.05) is 40.4 Å². The van der Waals surface area contributed by atoms with E-state index in [4.69, 9.17) is 14.7 Å². The zero-order chi connectivity index (χ0) is 23.4. The van der Waals surface area contributed by atoms with Crippen LogP contribution in [0.1, 0.15) is 67.8 Å². The third kappa shape index (κ3) is 3.96. The lowest BCUT2D eigenvalue weighted by Crippen LogP contribution is -2.26. The van der Waals surface area contributed by atoms with Gasteiger partial charge in [-0.25, -0.2) is 23.7 Å². The Kier molecular flexibility index (Phi) is 5.13. The quantitative estimate of drug-likeness (QED) is 0.382. The number of rotatable bonds is 4. The van der Waals surface area contributed by atoms with E-state index in [9.17, 15) is 8.78 Å². The van der Waals surface area contributed by atoms with Gasteiger partial charge in [0.1, 0.15) is 17.5 Å². The first-order valence-electron chi connectivity index (χ1n) is 11.7. The molecule has 0 N–H and O–H groups in total. The van der Waals surface area contributed by atoms with Crippen LogP contribution in [0.25, 0.3) is 22.3 Å². The molecule has 3 aromatic heterocycles. The fraction of sp³-hybridized carbons (Fsp3) is 0.385. The van der Waals surface area contributed by atoms with Gasteiger partial charge in [0.05, 0.1) is 30.1 Å². The van der Waals surface area contributed by atoms with Gasteiger partial charge in [0.25, 0.3) is 0 Å². The van der Waals surface area contributed by atoms with E-state index >= 15 is 0 Å². The standard InChI is InChI=1S/C26H25F2N5O/c1-14-3-7-21-24(20-8-4-18(27)11-22(20)28)31-25(32-26(21)30-14)16-9-15(2)34-23(10-16)17-12-29-33(13-17)19-5-6-19/h3-4,7-8,11-13,15-16,19,23H,5-6,9-10H2,1-2H3/t15-,16-,23-/m0/s1. The number of fused-ring (bicyclic) bond motifs is 1. The lowest BCUT2D eigenvalue weighted by molar-refractivity contribution is -0.0511. The molecule has 34 heavy (non-hydrogen) atoms. The highest BCUT2D eigenvalue weighted by atomic mass is 19.1. The van der Waals surface area contributed by atoms with Crippen molar-refractivity contribution in [1.29, 1.82) is 0 Å². The molecule has 4 aromatic rings. The van der Waals surface area contributed by atoms with Crippen molar-refractivity contribution < 1.29 is 13.5 Å². The monoisotopic (exact) mass is 461 g/mol. The first kappa shape index (κ1) is 21.3. The van der Waals surface area contributed by atoms with E-state index in [0.29, 0.717) is 35.0 Å². The highest BCUT2D eigenvalue weighted by Gasteiger charge is 2.33. The summed E-state index contributed by atoms with van der Waals surface area (Å²) in [6.45, 7) is 3.94. The maximum Gasteiger partial charge on any atom is 0.163 e. The van der Waals surface area contributed by atoms with Crippen LogP contribution in [0, 0.1) is 18.6 Å². The summed E-state index contributed by atoms with van der Waals surface area (Å²) in [5.41, 5.74) is 3.06. The first-order chi connectivity index (χ1) is 16.4. The molecule has 1 aliphatic heterocycles. The fourth-order valence-corrected chi connectivity index (χ4v) is 4.82. The SMILES string of the molecule is Cc1ccc2c(-c3ccc(F)cc3F)nc([C@@H]3C[C@@H](c4cnn(C5CC5)c4)O[C@@H](C)C3)nc2n1. The summed E-state index contributed by atoms with van der Waals surface area (Å²) in [4.78, 5) is 14.2. The molecule has 0 spiro atoms. The van der Waals surface area contributed by atoms with Crippen LogP contribution in [0.5, 0.6) is 0 Å². The Labute approximate surface area is 196 Å². The Bertz CT molecular complexity index is 1380. The van der Waals surface area contributed by atoms with Crippen molar-refractivity contribution >= 4 is 11.0 Å². The molecular weight excluding hydrogens is 436 g/mol. The van der Waals surface area contributed by atoms with Gasteiger partial charge in [-0.3, -0.25) is 4.68 Å². The predicted octanol–water partition coefficient (Wildman–Crippen LogP) is 5.83. The first-order valence-corrected chi connectivity index (χ1v) is 11.7. The van der Waals surface area contributed by atoms with Gasteiger partial charge in [-0.1, -0.05) is 0 Å². The molecule has 6 rings (SSSR count). The third-order valence-electron chi connectivity index (χ3n) is 6.69. The minimum atomic E-state index is -0.655. The van der Waals surface area contributed by atoms with Gasteiger partial charge in [-0.2, -0.15) is 5.10 Å². The molecular formula is C26H25F2N5O. The second kappa shape index (κ2) is 8.20. The molecule has 0 bridgehead atoms. The smallest absolute Gasteiger partial charge is 0.163 e. The summed E-state index contributed by atoms with van der Waals surface area (Å²) in [5.74, 6) is -0.662. The molecule has 1 aromatic carbocycles. The Hall–Kier alpha value is -3.26. The van der Waals surface area contributed by atoms with Crippen LogP contribution < -0.4 is 0 Å². The molecule has 1 aliphatic carbocycles. The summed E-state index contributed by atoms with van der Waals surface area (Å²) in [5, 5.41) is 5.16. The summed E-state index contributed by atoms with van der Waals surface area (Å²) >= 11 is 0. The Balaban J connectivity index is 1.41. The number of ether oxygens (including phenoxy) is 1. The van der Waals surface area contributed by atoms with Crippen molar-refractivity contribution in [3.8, 4) is 11.3 Å². The maximum absolute atomic E-state index is 14.8. The minimum absolute atomic E-state index is 0.00352. The average molecular weight is 462 g/mol.